The van der Waals surface area contributed by atoms with E-state index in [0.717, 1.165) is 22.3 Å². The molecule has 3 heterocycles. The van der Waals surface area contributed by atoms with Crippen LogP contribution in [-0.2, 0) is 7.05 Å². The molecular weight excluding hydrogens is 413 g/mol. The lowest BCUT2D eigenvalue weighted by Crippen LogP contribution is -2.35. The maximum Gasteiger partial charge on any atom is 0.230 e. The number of aliphatic imine (C=N–C) groups is 1. The smallest absolute Gasteiger partial charge is 0.230 e. The zero-order valence-corrected chi connectivity index (χ0v) is 17.8. The van der Waals surface area contributed by atoms with E-state index in [1.54, 1.807) is 23.0 Å². The highest BCUT2D eigenvalue weighted by Gasteiger charge is 2.16. The molecule has 3 aromatic heterocycles. The summed E-state index contributed by atoms with van der Waals surface area (Å²) >= 11 is 11.8. The number of hydrazine groups is 1. The monoisotopic (exact) mass is 431 g/mol. The van der Waals surface area contributed by atoms with Crippen molar-refractivity contribution in [1.29, 1.82) is 5.26 Å². The lowest BCUT2D eigenvalue weighted by molar-refractivity contribution is 0.773. The summed E-state index contributed by atoms with van der Waals surface area (Å²) in [4.78, 5) is 12.2. The molecule has 0 fully saturated rings. The Morgan fingerprint density at radius 1 is 1.21 bits per heavy atom. The van der Waals surface area contributed by atoms with Crippen LogP contribution in [0.5, 0.6) is 0 Å². The van der Waals surface area contributed by atoms with Gasteiger partial charge < -0.3 is 5.32 Å². The maximum absolute atomic E-state index is 8.98. The van der Waals surface area contributed by atoms with Crippen molar-refractivity contribution in [2.45, 2.75) is 26.7 Å². The van der Waals surface area contributed by atoms with Gasteiger partial charge in [0, 0.05) is 18.1 Å². The van der Waals surface area contributed by atoms with Crippen LogP contribution >= 0.6 is 23.2 Å². The van der Waals surface area contributed by atoms with Gasteiger partial charge in [-0.15, -0.1) is 4.99 Å². The van der Waals surface area contributed by atoms with Gasteiger partial charge >= 0.3 is 0 Å². The second-order valence-corrected chi connectivity index (χ2v) is 7.37. The van der Waals surface area contributed by atoms with E-state index in [2.05, 4.69) is 50.1 Å². The molecule has 0 radical (unpaired) electrons. The van der Waals surface area contributed by atoms with Crippen molar-refractivity contribution < 1.29 is 0 Å². The first-order valence-electron chi connectivity index (χ1n) is 8.71. The number of pyridine rings is 2. The number of nitrogens with zero attached hydrogens (tertiary/aromatic N) is 6. The highest BCUT2D eigenvalue weighted by atomic mass is 35.5. The van der Waals surface area contributed by atoms with Gasteiger partial charge in [0.2, 0.25) is 12.2 Å². The molecule has 0 aliphatic heterocycles. The molecule has 0 atom stereocenters. The highest BCUT2D eigenvalue weighted by molar-refractivity contribution is 6.33. The summed E-state index contributed by atoms with van der Waals surface area (Å²) in [5.41, 5.74) is 9.15. The standard InChI is InChI=1S/C18H19Cl2N9/c1-9(2)12-7-15(25-17-16(12)10(3)28-29(17)4)26-27-18(22-8-21)23-11-5-13(19)24-14(20)6-11/h5-7,9H,1-4H3,(H,25,26)(H2,22,23,24,27). The first-order valence-corrected chi connectivity index (χ1v) is 9.47. The minimum atomic E-state index is 0.139. The Kier molecular flexibility index (Phi) is 6.06. The number of aromatic nitrogens is 4. The summed E-state index contributed by atoms with van der Waals surface area (Å²) in [6.07, 6.45) is 1.73. The fourth-order valence-corrected chi connectivity index (χ4v) is 3.39. The largest absolute Gasteiger partial charge is 0.324 e. The number of fused-ring (bicyclic) bond motifs is 1. The van der Waals surface area contributed by atoms with E-state index >= 15 is 0 Å². The van der Waals surface area contributed by atoms with Gasteiger partial charge in [0.05, 0.1) is 5.69 Å². The van der Waals surface area contributed by atoms with Crippen LogP contribution in [0.4, 0.5) is 11.5 Å². The molecule has 0 saturated carbocycles. The number of aryl methyl sites for hydroxylation is 2. The Bertz CT molecular complexity index is 1110. The van der Waals surface area contributed by atoms with E-state index in [0.29, 0.717) is 11.5 Å². The van der Waals surface area contributed by atoms with E-state index in [1.165, 1.54) is 0 Å². The molecular formula is C18H19Cl2N9. The highest BCUT2D eigenvalue weighted by Crippen LogP contribution is 2.29. The molecule has 11 heteroatoms. The van der Waals surface area contributed by atoms with Crippen LogP contribution in [0.3, 0.4) is 0 Å². The van der Waals surface area contributed by atoms with Crippen molar-refractivity contribution in [2.75, 3.05) is 10.7 Å². The first kappa shape index (κ1) is 20.6. The minimum Gasteiger partial charge on any atom is -0.324 e. The summed E-state index contributed by atoms with van der Waals surface area (Å²) in [6, 6.07) is 5.06. The average Bonchev–Trinajstić information content (AvgIpc) is 2.92. The molecule has 3 rings (SSSR count). The van der Waals surface area contributed by atoms with Crippen molar-refractivity contribution in [3.63, 3.8) is 0 Å². The number of nitrogens with one attached hydrogen (secondary N) is 3. The Labute approximate surface area is 177 Å². The molecule has 0 unspecified atom stereocenters. The van der Waals surface area contributed by atoms with Gasteiger partial charge in [-0.2, -0.15) is 10.4 Å². The topological polar surface area (TPSA) is 116 Å². The van der Waals surface area contributed by atoms with Crippen LogP contribution in [-0.4, -0.2) is 25.7 Å². The molecule has 0 bridgehead atoms. The summed E-state index contributed by atoms with van der Waals surface area (Å²) in [5.74, 6) is 0.970. The second kappa shape index (κ2) is 8.51. The molecule has 0 saturated heterocycles. The summed E-state index contributed by atoms with van der Waals surface area (Å²) < 4.78 is 1.74. The van der Waals surface area contributed by atoms with E-state index in [-0.39, 0.29) is 22.2 Å². The number of anilines is 2. The van der Waals surface area contributed by atoms with E-state index in [4.69, 9.17) is 28.5 Å². The third-order valence-electron chi connectivity index (χ3n) is 4.12. The van der Waals surface area contributed by atoms with Crippen LogP contribution in [0, 0.1) is 18.4 Å². The molecule has 150 valence electrons. The van der Waals surface area contributed by atoms with Gasteiger partial charge in [0.1, 0.15) is 16.1 Å². The zero-order chi connectivity index (χ0) is 21.1. The van der Waals surface area contributed by atoms with E-state index in [9.17, 15) is 0 Å². The van der Waals surface area contributed by atoms with Gasteiger partial charge in [0.15, 0.2) is 5.65 Å². The van der Waals surface area contributed by atoms with Gasteiger partial charge in [-0.1, -0.05) is 37.0 Å². The predicted octanol–water partition coefficient (Wildman–Crippen LogP) is 3.97. The normalized spacial score (nSPS) is 11.6. The first-order chi connectivity index (χ1) is 13.8. The molecule has 3 N–H and O–H groups in total. The number of rotatable bonds is 4. The summed E-state index contributed by atoms with van der Waals surface area (Å²) in [7, 11) is 1.85. The Balaban J connectivity index is 1.86. The molecule has 0 aliphatic rings. The lowest BCUT2D eigenvalue weighted by Gasteiger charge is -2.15. The van der Waals surface area contributed by atoms with E-state index in [1.807, 2.05) is 20.0 Å². The number of halogens is 2. The van der Waals surface area contributed by atoms with E-state index < -0.39 is 0 Å². The van der Waals surface area contributed by atoms with Crippen molar-refractivity contribution in [3.8, 4) is 6.19 Å². The predicted molar refractivity (Wildman–Crippen MR) is 115 cm³/mol. The molecule has 0 amide bonds. The summed E-state index contributed by atoms with van der Waals surface area (Å²) in [6.45, 7) is 6.19. The molecule has 0 aromatic carbocycles. The fourth-order valence-electron chi connectivity index (χ4n) is 2.93. The molecule has 0 aliphatic carbocycles. The van der Waals surface area contributed by atoms with Crippen LogP contribution in [0.2, 0.25) is 10.3 Å². The zero-order valence-electron chi connectivity index (χ0n) is 16.2. The Hall–Kier alpha value is -3.09. The third-order valence-corrected chi connectivity index (χ3v) is 4.50. The number of hydrogen-bond acceptors (Lipinski definition) is 6. The number of guanidine groups is 1. The Morgan fingerprint density at radius 3 is 2.52 bits per heavy atom. The number of hydrogen-bond donors (Lipinski definition) is 3. The van der Waals surface area contributed by atoms with Crippen molar-refractivity contribution in [2.24, 2.45) is 12.0 Å². The van der Waals surface area contributed by atoms with Crippen LogP contribution < -0.4 is 16.2 Å². The second-order valence-electron chi connectivity index (χ2n) is 6.60. The SMILES string of the molecule is Cc1nn(C)c2nc(NN/C(=N/C#N)Nc3cc(Cl)nc(Cl)c3)cc(C(C)C)c12. The number of nitriles is 1. The van der Waals surface area contributed by atoms with Crippen molar-refractivity contribution in [3.05, 3.63) is 39.8 Å². The van der Waals surface area contributed by atoms with Gasteiger partial charge in [-0.05, 0) is 36.6 Å². The quantitative estimate of drug-likeness (QED) is 0.188. The lowest BCUT2D eigenvalue weighted by atomic mass is 10.00. The maximum atomic E-state index is 8.98. The van der Waals surface area contributed by atoms with Crippen LogP contribution in [0.15, 0.2) is 23.2 Å². The van der Waals surface area contributed by atoms with Crippen LogP contribution in [0.1, 0.15) is 31.0 Å². The average molecular weight is 432 g/mol. The molecule has 9 nitrogen and oxygen atoms in total. The molecule has 0 spiro atoms. The van der Waals surface area contributed by atoms with Gasteiger partial charge in [-0.3, -0.25) is 15.5 Å². The third kappa shape index (κ3) is 4.67. The van der Waals surface area contributed by atoms with Crippen LogP contribution in [0.25, 0.3) is 11.0 Å². The minimum absolute atomic E-state index is 0.139. The van der Waals surface area contributed by atoms with Gasteiger partial charge in [-0.25, -0.2) is 9.97 Å². The van der Waals surface area contributed by atoms with Gasteiger partial charge in [0.25, 0.3) is 0 Å². The molecule has 29 heavy (non-hydrogen) atoms. The Morgan fingerprint density at radius 2 is 1.90 bits per heavy atom. The van der Waals surface area contributed by atoms with Crippen molar-refractivity contribution in [1.82, 2.24) is 25.2 Å². The fraction of sp³-hybridized carbons (Fsp3) is 0.278. The van der Waals surface area contributed by atoms with Crippen molar-refractivity contribution >= 4 is 51.7 Å². The summed E-state index contributed by atoms with van der Waals surface area (Å²) in [5, 5.41) is 17.8. The molecule has 3 aromatic rings.